The van der Waals surface area contributed by atoms with Crippen LogP contribution in [0.4, 0.5) is 5.82 Å². The van der Waals surface area contributed by atoms with E-state index in [0.29, 0.717) is 30.2 Å². The lowest BCUT2D eigenvalue weighted by molar-refractivity contribution is 0.0745. The number of carbonyl (C=O) groups excluding carboxylic acids is 1. The standard InChI is InChI=1S/C16H21N5O2/c1-11(22)14-9-13-10-20(6-3-7-21(13)19-14)16(23)12-4-5-18-15(8-12)17-2/h4-5,8-9,11,22H,3,6-7,10H2,1-2H3,(H,17,18)/t11-/m1/s1. The van der Waals surface area contributed by atoms with E-state index < -0.39 is 6.10 Å². The molecule has 0 fully saturated rings. The first kappa shape index (κ1) is 15.5. The average Bonchev–Trinajstić information content (AvgIpc) is 2.86. The number of carbonyl (C=O) groups is 1. The van der Waals surface area contributed by atoms with E-state index in [2.05, 4.69) is 15.4 Å². The maximum Gasteiger partial charge on any atom is 0.254 e. The number of rotatable bonds is 3. The number of anilines is 1. The van der Waals surface area contributed by atoms with Crippen molar-refractivity contribution in [3.63, 3.8) is 0 Å². The van der Waals surface area contributed by atoms with Crippen LogP contribution in [0.3, 0.4) is 0 Å². The minimum absolute atomic E-state index is 0.0165. The molecule has 0 saturated carbocycles. The molecule has 0 aromatic carbocycles. The molecule has 7 heteroatoms. The lowest BCUT2D eigenvalue weighted by Gasteiger charge is -2.20. The van der Waals surface area contributed by atoms with Gasteiger partial charge in [0.25, 0.3) is 5.91 Å². The van der Waals surface area contributed by atoms with E-state index in [1.165, 1.54) is 0 Å². The summed E-state index contributed by atoms with van der Waals surface area (Å²) in [6, 6.07) is 5.36. The Morgan fingerprint density at radius 3 is 2.96 bits per heavy atom. The topological polar surface area (TPSA) is 83.3 Å². The number of nitrogens with zero attached hydrogens (tertiary/aromatic N) is 4. The summed E-state index contributed by atoms with van der Waals surface area (Å²) in [5, 5.41) is 17.0. The number of pyridine rings is 1. The molecule has 1 aliphatic rings. The van der Waals surface area contributed by atoms with E-state index in [4.69, 9.17) is 0 Å². The number of aryl methyl sites for hydroxylation is 1. The smallest absolute Gasteiger partial charge is 0.254 e. The van der Waals surface area contributed by atoms with Crippen LogP contribution in [0.1, 0.15) is 41.2 Å². The summed E-state index contributed by atoms with van der Waals surface area (Å²) in [6.45, 7) is 3.63. The van der Waals surface area contributed by atoms with E-state index >= 15 is 0 Å². The van der Waals surface area contributed by atoms with Crippen LogP contribution in [-0.4, -0.2) is 44.3 Å². The highest BCUT2D eigenvalue weighted by molar-refractivity contribution is 5.94. The third kappa shape index (κ3) is 3.19. The summed E-state index contributed by atoms with van der Waals surface area (Å²) in [7, 11) is 1.78. The molecule has 122 valence electrons. The van der Waals surface area contributed by atoms with Crippen molar-refractivity contribution in [2.45, 2.75) is 32.5 Å². The molecule has 3 rings (SSSR count). The summed E-state index contributed by atoms with van der Waals surface area (Å²) in [6.07, 6.45) is 1.87. The second kappa shape index (κ2) is 6.37. The normalized spacial score (nSPS) is 15.7. The molecule has 0 saturated heterocycles. The number of hydrogen-bond donors (Lipinski definition) is 2. The average molecular weight is 315 g/mol. The van der Waals surface area contributed by atoms with Crippen LogP contribution >= 0.6 is 0 Å². The fraction of sp³-hybridized carbons (Fsp3) is 0.438. The number of fused-ring (bicyclic) bond motifs is 1. The van der Waals surface area contributed by atoms with E-state index in [1.54, 1.807) is 32.3 Å². The molecule has 3 heterocycles. The van der Waals surface area contributed by atoms with Crippen molar-refractivity contribution in [1.82, 2.24) is 19.7 Å². The molecule has 0 unspecified atom stereocenters. The van der Waals surface area contributed by atoms with Gasteiger partial charge in [0.15, 0.2) is 0 Å². The zero-order chi connectivity index (χ0) is 16.4. The van der Waals surface area contributed by atoms with Crippen LogP contribution in [0.15, 0.2) is 24.4 Å². The summed E-state index contributed by atoms with van der Waals surface area (Å²) >= 11 is 0. The lowest BCUT2D eigenvalue weighted by Crippen LogP contribution is -2.30. The second-order valence-electron chi connectivity index (χ2n) is 5.72. The Labute approximate surface area is 134 Å². The van der Waals surface area contributed by atoms with Crippen LogP contribution in [0, 0.1) is 0 Å². The van der Waals surface area contributed by atoms with Gasteiger partial charge in [0, 0.05) is 31.9 Å². The van der Waals surface area contributed by atoms with Crippen LogP contribution in [0.25, 0.3) is 0 Å². The van der Waals surface area contributed by atoms with Crippen molar-refractivity contribution in [2.75, 3.05) is 18.9 Å². The van der Waals surface area contributed by atoms with E-state index in [9.17, 15) is 9.90 Å². The molecule has 2 N–H and O–H groups in total. The van der Waals surface area contributed by atoms with Gasteiger partial charge in [-0.05, 0) is 31.5 Å². The van der Waals surface area contributed by atoms with Gasteiger partial charge in [0.05, 0.1) is 24.0 Å². The quantitative estimate of drug-likeness (QED) is 0.895. The van der Waals surface area contributed by atoms with Crippen molar-refractivity contribution in [3.05, 3.63) is 41.3 Å². The molecule has 2 aromatic rings. The Morgan fingerprint density at radius 2 is 2.22 bits per heavy atom. The molecule has 7 nitrogen and oxygen atoms in total. The van der Waals surface area contributed by atoms with Gasteiger partial charge in [-0.25, -0.2) is 4.98 Å². The molecule has 0 spiro atoms. The van der Waals surface area contributed by atoms with Gasteiger partial charge in [-0.1, -0.05) is 0 Å². The number of aliphatic hydroxyl groups is 1. The molecule has 0 aliphatic carbocycles. The fourth-order valence-corrected chi connectivity index (χ4v) is 2.74. The van der Waals surface area contributed by atoms with Crippen LogP contribution < -0.4 is 5.32 Å². The number of aromatic nitrogens is 3. The number of aliphatic hydroxyl groups excluding tert-OH is 1. The molecular formula is C16H21N5O2. The van der Waals surface area contributed by atoms with Crippen LogP contribution in [0.5, 0.6) is 0 Å². The summed E-state index contributed by atoms with van der Waals surface area (Å²) in [5.41, 5.74) is 2.22. The van der Waals surface area contributed by atoms with Crippen molar-refractivity contribution in [2.24, 2.45) is 0 Å². The first-order valence-electron chi connectivity index (χ1n) is 7.76. The summed E-state index contributed by atoms with van der Waals surface area (Å²) in [5.74, 6) is 0.657. The lowest BCUT2D eigenvalue weighted by atomic mass is 10.2. The zero-order valence-electron chi connectivity index (χ0n) is 13.4. The third-order valence-corrected chi connectivity index (χ3v) is 4.01. The highest BCUT2D eigenvalue weighted by Gasteiger charge is 2.22. The summed E-state index contributed by atoms with van der Waals surface area (Å²) in [4.78, 5) is 18.7. The Hall–Kier alpha value is -2.41. The zero-order valence-corrected chi connectivity index (χ0v) is 13.4. The van der Waals surface area contributed by atoms with Crippen LogP contribution in [-0.2, 0) is 13.1 Å². The maximum absolute atomic E-state index is 12.8. The van der Waals surface area contributed by atoms with Crippen molar-refractivity contribution < 1.29 is 9.90 Å². The number of nitrogens with one attached hydrogen (secondary N) is 1. The molecule has 2 aromatic heterocycles. The predicted octanol–water partition coefficient (Wildman–Crippen LogP) is 1.42. The Kier molecular flexibility index (Phi) is 4.29. The highest BCUT2D eigenvalue weighted by atomic mass is 16.3. The SMILES string of the molecule is CNc1cc(C(=O)N2CCCn3nc([C@@H](C)O)cc3C2)ccn1. The van der Waals surface area contributed by atoms with Gasteiger partial charge in [-0.15, -0.1) is 0 Å². The molecule has 1 amide bonds. The second-order valence-corrected chi connectivity index (χ2v) is 5.72. The Bertz CT molecular complexity index is 710. The fourth-order valence-electron chi connectivity index (χ4n) is 2.74. The van der Waals surface area contributed by atoms with E-state index in [1.807, 2.05) is 15.6 Å². The Balaban J connectivity index is 1.83. The monoisotopic (exact) mass is 315 g/mol. The molecule has 23 heavy (non-hydrogen) atoms. The minimum atomic E-state index is -0.600. The van der Waals surface area contributed by atoms with Crippen molar-refractivity contribution in [1.29, 1.82) is 0 Å². The first-order valence-corrected chi connectivity index (χ1v) is 7.76. The van der Waals surface area contributed by atoms with E-state index in [0.717, 1.165) is 18.7 Å². The van der Waals surface area contributed by atoms with Gasteiger partial charge in [-0.3, -0.25) is 9.48 Å². The molecule has 0 bridgehead atoms. The third-order valence-electron chi connectivity index (χ3n) is 4.01. The van der Waals surface area contributed by atoms with Gasteiger partial charge >= 0.3 is 0 Å². The van der Waals surface area contributed by atoms with Crippen LogP contribution in [0.2, 0.25) is 0 Å². The first-order chi connectivity index (χ1) is 11.1. The molecule has 1 atom stereocenters. The van der Waals surface area contributed by atoms with Gasteiger partial charge in [-0.2, -0.15) is 5.10 Å². The molecular weight excluding hydrogens is 294 g/mol. The highest BCUT2D eigenvalue weighted by Crippen LogP contribution is 2.19. The van der Waals surface area contributed by atoms with Crippen molar-refractivity contribution >= 4 is 11.7 Å². The predicted molar refractivity (Wildman–Crippen MR) is 86.0 cm³/mol. The van der Waals surface area contributed by atoms with E-state index in [-0.39, 0.29) is 5.91 Å². The van der Waals surface area contributed by atoms with Gasteiger partial charge < -0.3 is 15.3 Å². The molecule has 1 aliphatic heterocycles. The van der Waals surface area contributed by atoms with Gasteiger partial charge in [0.2, 0.25) is 0 Å². The Morgan fingerprint density at radius 1 is 1.39 bits per heavy atom. The number of amides is 1. The molecule has 0 radical (unpaired) electrons. The maximum atomic E-state index is 12.8. The number of hydrogen-bond acceptors (Lipinski definition) is 5. The minimum Gasteiger partial charge on any atom is -0.387 e. The largest absolute Gasteiger partial charge is 0.387 e. The van der Waals surface area contributed by atoms with Crippen molar-refractivity contribution in [3.8, 4) is 0 Å². The van der Waals surface area contributed by atoms with Gasteiger partial charge in [0.1, 0.15) is 5.82 Å². The summed E-state index contributed by atoms with van der Waals surface area (Å²) < 4.78 is 1.89.